The maximum atomic E-state index is 4.60. The minimum Gasteiger partial charge on any atom is -0.306 e. The van der Waals surface area contributed by atoms with Crippen LogP contribution in [0.25, 0.3) is 10.9 Å². The minimum absolute atomic E-state index is 0.803. The van der Waals surface area contributed by atoms with Crippen molar-refractivity contribution in [1.82, 2.24) is 15.1 Å². The van der Waals surface area contributed by atoms with Crippen molar-refractivity contribution in [3.63, 3.8) is 0 Å². The Morgan fingerprint density at radius 3 is 2.75 bits per heavy atom. The summed E-state index contributed by atoms with van der Waals surface area (Å²) in [5.74, 6) is 0. The molecule has 0 fully saturated rings. The minimum atomic E-state index is 0.803. The Hall–Kier alpha value is -1.65. The molecule has 20 heavy (non-hydrogen) atoms. The molecule has 0 spiro atoms. The molecule has 0 radical (unpaired) electrons. The molecule has 3 rings (SSSR count). The second-order valence-corrected chi connectivity index (χ2v) is 6.48. The van der Waals surface area contributed by atoms with E-state index in [2.05, 4.69) is 54.6 Å². The molecular weight excluding hydrogens is 266 g/mol. The van der Waals surface area contributed by atoms with E-state index in [1.54, 1.807) is 0 Å². The van der Waals surface area contributed by atoms with Crippen LogP contribution in [0.5, 0.6) is 0 Å². The summed E-state index contributed by atoms with van der Waals surface area (Å²) in [5, 5.41) is 9.34. The first kappa shape index (κ1) is 13.3. The fraction of sp³-hybridized carbons (Fsp3) is 0.312. The average molecular weight is 285 g/mol. The monoisotopic (exact) mass is 285 g/mol. The number of thiophene rings is 1. The second kappa shape index (κ2) is 5.38. The van der Waals surface area contributed by atoms with Gasteiger partial charge in [0, 0.05) is 35.3 Å². The predicted octanol–water partition coefficient (Wildman–Crippen LogP) is 3.54. The van der Waals surface area contributed by atoms with Gasteiger partial charge in [0.05, 0.1) is 11.2 Å². The maximum Gasteiger partial charge on any atom is 0.0841 e. The molecule has 0 aliphatic carbocycles. The van der Waals surface area contributed by atoms with E-state index in [-0.39, 0.29) is 0 Å². The number of benzene rings is 1. The summed E-state index contributed by atoms with van der Waals surface area (Å²) < 4.78 is 1.95. The van der Waals surface area contributed by atoms with Gasteiger partial charge in [0.2, 0.25) is 0 Å². The van der Waals surface area contributed by atoms with Gasteiger partial charge in [-0.3, -0.25) is 4.68 Å². The Bertz CT molecular complexity index is 720. The number of hydrogen-bond acceptors (Lipinski definition) is 3. The predicted molar refractivity (Wildman–Crippen MR) is 85.1 cm³/mol. The number of nitrogens with zero attached hydrogens (tertiary/aromatic N) is 2. The summed E-state index contributed by atoms with van der Waals surface area (Å²) in [5.41, 5.74) is 3.69. The van der Waals surface area contributed by atoms with Crippen LogP contribution in [-0.2, 0) is 20.1 Å². The molecular formula is C16H19N3S. The molecule has 0 atom stereocenters. The van der Waals surface area contributed by atoms with Gasteiger partial charge in [-0.25, -0.2) is 0 Å². The summed E-state index contributed by atoms with van der Waals surface area (Å²) >= 11 is 1.87. The Morgan fingerprint density at radius 2 is 2.00 bits per heavy atom. The number of aryl methyl sites for hydroxylation is 3. The Morgan fingerprint density at radius 1 is 1.20 bits per heavy atom. The van der Waals surface area contributed by atoms with Crippen LogP contribution in [0, 0.1) is 13.8 Å². The highest BCUT2D eigenvalue weighted by molar-refractivity contribution is 7.12. The molecule has 1 N–H and O–H groups in total. The molecule has 0 saturated heterocycles. The van der Waals surface area contributed by atoms with Gasteiger partial charge < -0.3 is 5.32 Å². The van der Waals surface area contributed by atoms with E-state index in [1.807, 2.05) is 23.1 Å². The van der Waals surface area contributed by atoms with Gasteiger partial charge in [-0.2, -0.15) is 5.10 Å². The standard InChI is InChI=1S/C16H19N3S/c1-11-8-13(20-12(11)2)9-17-10-15-14-6-4-5-7-16(14)19(3)18-15/h4-8,17H,9-10H2,1-3H3. The first-order chi connectivity index (χ1) is 9.65. The second-order valence-electron chi connectivity index (χ2n) is 5.14. The van der Waals surface area contributed by atoms with Gasteiger partial charge >= 0.3 is 0 Å². The lowest BCUT2D eigenvalue weighted by molar-refractivity contribution is 0.667. The molecule has 0 bridgehead atoms. The summed E-state index contributed by atoms with van der Waals surface area (Å²) in [6.45, 7) is 6.05. The fourth-order valence-electron chi connectivity index (χ4n) is 2.46. The average Bonchev–Trinajstić information content (AvgIpc) is 2.92. The van der Waals surface area contributed by atoms with Crippen LogP contribution in [-0.4, -0.2) is 9.78 Å². The summed E-state index contributed by atoms with van der Waals surface area (Å²) in [6.07, 6.45) is 0. The molecule has 0 unspecified atom stereocenters. The van der Waals surface area contributed by atoms with Crippen LogP contribution >= 0.6 is 11.3 Å². The van der Waals surface area contributed by atoms with Crippen molar-refractivity contribution in [3.05, 3.63) is 51.3 Å². The number of aromatic nitrogens is 2. The maximum absolute atomic E-state index is 4.60. The number of rotatable bonds is 4. The molecule has 3 nitrogen and oxygen atoms in total. The Balaban J connectivity index is 1.71. The third-order valence-corrected chi connectivity index (χ3v) is 4.80. The molecule has 0 saturated carbocycles. The SMILES string of the molecule is Cc1cc(CNCc2nn(C)c3ccccc23)sc1C. The highest BCUT2D eigenvalue weighted by Gasteiger charge is 2.07. The van der Waals surface area contributed by atoms with Crippen molar-refractivity contribution >= 4 is 22.2 Å². The summed E-state index contributed by atoms with van der Waals surface area (Å²) in [4.78, 5) is 2.80. The van der Waals surface area contributed by atoms with Gasteiger partial charge in [-0.15, -0.1) is 11.3 Å². The lowest BCUT2D eigenvalue weighted by Crippen LogP contribution is -2.12. The van der Waals surface area contributed by atoms with Crippen molar-refractivity contribution in [1.29, 1.82) is 0 Å². The zero-order valence-electron chi connectivity index (χ0n) is 12.1. The molecule has 3 aromatic rings. The molecule has 2 heterocycles. The van der Waals surface area contributed by atoms with Crippen LogP contribution in [0.15, 0.2) is 30.3 Å². The number of fused-ring (bicyclic) bond motifs is 1. The molecule has 2 aromatic heterocycles. The first-order valence-corrected chi connectivity index (χ1v) is 7.64. The smallest absolute Gasteiger partial charge is 0.0841 e. The largest absolute Gasteiger partial charge is 0.306 e. The van der Waals surface area contributed by atoms with E-state index in [0.29, 0.717) is 0 Å². The number of hydrogen-bond donors (Lipinski definition) is 1. The van der Waals surface area contributed by atoms with Crippen LogP contribution in [0.4, 0.5) is 0 Å². The van der Waals surface area contributed by atoms with Crippen LogP contribution in [0.3, 0.4) is 0 Å². The van der Waals surface area contributed by atoms with Crippen molar-refractivity contribution in [2.75, 3.05) is 0 Å². The van der Waals surface area contributed by atoms with Crippen molar-refractivity contribution in [3.8, 4) is 0 Å². The zero-order valence-corrected chi connectivity index (χ0v) is 12.9. The van der Waals surface area contributed by atoms with Gasteiger partial charge in [0.1, 0.15) is 0 Å². The summed E-state index contributed by atoms with van der Waals surface area (Å²) in [7, 11) is 2.00. The topological polar surface area (TPSA) is 29.9 Å². The lowest BCUT2D eigenvalue weighted by atomic mass is 10.2. The normalized spacial score (nSPS) is 11.3. The van der Waals surface area contributed by atoms with Gasteiger partial charge in [-0.1, -0.05) is 18.2 Å². The lowest BCUT2D eigenvalue weighted by Gasteiger charge is -2.00. The van der Waals surface area contributed by atoms with E-state index < -0.39 is 0 Å². The van der Waals surface area contributed by atoms with E-state index in [0.717, 1.165) is 18.8 Å². The number of nitrogens with one attached hydrogen (secondary N) is 1. The van der Waals surface area contributed by atoms with Crippen LogP contribution in [0.1, 0.15) is 21.0 Å². The zero-order chi connectivity index (χ0) is 14.1. The third kappa shape index (κ3) is 2.49. The van der Waals surface area contributed by atoms with E-state index in [4.69, 9.17) is 0 Å². The van der Waals surface area contributed by atoms with Crippen LogP contribution in [0.2, 0.25) is 0 Å². The third-order valence-electron chi connectivity index (χ3n) is 3.64. The quantitative estimate of drug-likeness (QED) is 0.794. The highest BCUT2D eigenvalue weighted by atomic mass is 32.1. The van der Waals surface area contributed by atoms with Crippen molar-refractivity contribution < 1.29 is 0 Å². The van der Waals surface area contributed by atoms with Crippen LogP contribution < -0.4 is 5.32 Å². The highest BCUT2D eigenvalue weighted by Crippen LogP contribution is 2.21. The summed E-state index contributed by atoms with van der Waals surface area (Å²) in [6, 6.07) is 10.6. The van der Waals surface area contributed by atoms with E-state index in [9.17, 15) is 0 Å². The van der Waals surface area contributed by atoms with Gasteiger partial charge in [-0.05, 0) is 31.5 Å². The molecule has 1 aromatic carbocycles. The van der Waals surface area contributed by atoms with E-state index in [1.165, 1.54) is 26.2 Å². The number of para-hydroxylation sites is 1. The Labute approximate surface area is 123 Å². The van der Waals surface area contributed by atoms with E-state index >= 15 is 0 Å². The first-order valence-electron chi connectivity index (χ1n) is 6.82. The fourth-order valence-corrected chi connectivity index (χ4v) is 3.48. The van der Waals surface area contributed by atoms with Gasteiger partial charge in [0.15, 0.2) is 0 Å². The van der Waals surface area contributed by atoms with Crippen molar-refractivity contribution in [2.24, 2.45) is 7.05 Å². The molecule has 0 aliphatic rings. The van der Waals surface area contributed by atoms with Gasteiger partial charge in [0.25, 0.3) is 0 Å². The molecule has 0 aliphatic heterocycles. The molecule has 104 valence electrons. The Kier molecular flexibility index (Phi) is 3.59. The molecule has 0 amide bonds. The molecule has 4 heteroatoms. The van der Waals surface area contributed by atoms with Crippen molar-refractivity contribution in [2.45, 2.75) is 26.9 Å².